The van der Waals surface area contributed by atoms with E-state index in [4.69, 9.17) is 5.21 Å². The molecule has 0 aliphatic carbocycles. The van der Waals surface area contributed by atoms with Crippen LogP contribution in [0.25, 0.3) is 0 Å². The van der Waals surface area contributed by atoms with Gasteiger partial charge in [0, 0.05) is 30.3 Å². The number of fused-ring (bicyclic) bond motifs is 1. The molecule has 0 aromatic carbocycles. The summed E-state index contributed by atoms with van der Waals surface area (Å²) in [7, 11) is -7.17. The Morgan fingerprint density at radius 3 is 2.48 bits per heavy atom. The number of aromatic nitrogens is 1. The van der Waals surface area contributed by atoms with Crippen molar-refractivity contribution in [2.24, 2.45) is 0 Å². The summed E-state index contributed by atoms with van der Waals surface area (Å²) in [4.78, 5) is 25.8. The fraction of sp³-hybridized carbons (Fsp3) is 0.444. The van der Waals surface area contributed by atoms with E-state index in [1.807, 2.05) is 0 Å². The maximum atomic E-state index is 12.6. The van der Waals surface area contributed by atoms with E-state index < -0.39 is 36.5 Å². The number of nitrogens with one attached hydrogen (secondary N) is 2. The minimum atomic E-state index is -3.86. The zero-order valence-corrected chi connectivity index (χ0v) is 18.7. The number of rotatable bonds is 7. The summed E-state index contributed by atoms with van der Waals surface area (Å²) in [6, 6.07) is 1.28. The van der Waals surface area contributed by atoms with E-state index in [9.17, 15) is 26.4 Å². The van der Waals surface area contributed by atoms with Crippen molar-refractivity contribution in [2.45, 2.75) is 24.6 Å². The highest BCUT2D eigenvalue weighted by atomic mass is 32.2. The van der Waals surface area contributed by atoms with Gasteiger partial charge in [0.05, 0.1) is 19.3 Å². The van der Waals surface area contributed by atoms with Gasteiger partial charge in [-0.2, -0.15) is 0 Å². The number of hydrogen-bond acceptors (Lipinski definition) is 7. The lowest BCUT2D eigenvalue weighted by atomic mass is 10.1. The van der Waals surface area contributed by atoms with Crippen molar-refractivity contribution < 1.29 is 31.6 Å². The predicted molar refractivity (Wildman–Crippen MR) is 111 cm³/mol. The molecule has 2 heterocycles. The lowest BCUT2D eigenvalue weighted by Gasteiger charge is -2.27. The Labute approximate surface area is 180 Å². The van der Waals surface area contributed by atoms with Gasteiger partial charge in [-0.15, -0.1) is 0 Å². The van der Waals surface area contributed by atoms with Crippen molar-refractivity contribution in [1.82, 2.24) is 19.7 Å². The Kier molecular flexibility index (Phi) is 7.18. The SMILES string of the molecule is CC(CCN1Cc2cc(C#CC#CCNS(C)(=O)=O)cn2C1=O)(C(=O)NO)S(C)(=O)=O. The van der Waals surface area contributed by atoms with E-state index in [1.54, 1.807) is 6.07 Å². The Balaban J connectivity index is 2.03. The van der Waals surface area contributed by atoms with Gasteiger partial charge in [0.1, 0.15) is 0 Å². The summed E-state index contributed by atoms with van der Waals surface area (Å²) in [6.45, 7) is 1.31. The van der Waals surface area contributed by atoms with Crippen LogP contribution in [0.2, 0.25) is 0 Å². The summed E-state index contributed by atoms with van der Waals surface area (Å²) in [5.74, 6) is 9.29. The average molecular weight is 471 g/mol. The molecule has 3 N–H and O–H groups in total. The van der Waals surface area contributed by atoms with Crippen molar-refractivity contribution >= 4 is 31.8 Å². The van der Waals surface area contributed by atoms with Crippen LogP contribution in [0.15, 0.2) is 12.3 Å². The molecule has 0 bridgehead atoms. The smallest absolute Gasteiger partial charge is 0.318 e. The molecular weight excluding hydrogens is 448 g/mol. The highest BCUT2D eigenvalue weighted by Gasteiger charge is 2.44. The van der Waals surface area contributed by atoms with Gasteiger partial charge in [-0.25, -0.2) is 31.8 Å². The summed E-state index contributed by atoms with van der Waals surface area (Å²) in [5.41, 5.74) is 2.54. The van der Waals surface area contributed by atoms with Crippen molar-refractivity contribution in [3.05, 3.63) is 23.5 Å². The van der Waals surface area contributed by atoms with Crippen LogP contribution in [0, 0.1) is 23.7 Å². The number of amides is 2. The minimum Gasteiger partial charge on any atom is -0.318 e. The lowest BCUT2D eigenvalue weighted by Crippen LogP contribution is -2.50. The molecule has 1 unspecified atom stereocenters. The van der Waals surface area contributed by atoms with Gasteiger partial charge < -0.3 is 4.90 Å². The van der Waals surface area contributed by atoms with Crippen LogP contribution in [0.5, 0.6) is 0 Å². The maximum Gasteiger partial charge on any atom is 0.328 e. The molecule has 1 atom stereocenters. The molecule has 0 fully saturated rings. The van der Waals surface area contributed by atoms with Crippen molar-refractivity contribution in [3.63, 3.8) is 0 Å². The third kappa shape index (κ3) is 5.86. The third-order valence-electron chi connectivity index (χ3n) is 4.77. The average Bonchev–Trinajstić information content (AvgIpc) is 3.18. The number of carbonyl (C=O) groups is 2. The van der Waals surface area contributed by atoms with Crippen molar-refractivity contribution in [1.29, 1.82) is 0 Å². The first-order chi connectivity index (χ1) is 14.3. The van der Waals surface area contributed by atoms with Crippen LogP contribution in [0.3, 0.4) is 0 Å². The molecule has 0 radical (unpaired) electrons. The van der Waals surface area contributed by atoms with E-state index in [1.165, 1.54) is 28.1 Å². The fourth-order valence-electron chi connectivity index (χ4n) is 2.76. The summed E-state index contributed by atoms with van der Waals surface area (Å²) >= 11 is 0. The van der Waals surface area contributed by atoms with Crippen LogP contribution in [-0.4, -0.2) is 73.8 Å². The minimum absolute atomic E-state index is 0.0165. The predicted octanol–water partition coefficient (Wildman–Crippen LogP) is -1.13. The molecule has 13 heteroatoms. The van der Waals surface area contributed by atoms with Gasteiger partial charge in [-0.3, -0.25) is 14.6 Å². The first kappa shape index (κ1) is 24.4. The molecule has 2 amide bonds. The van der Waals surface area contributed by atoms with Gasteiger partial charge in [0.2, 0.25) is 10.0 Å². The lowest BCUT2D eigenvalue weighted by molar-refractivity contribution is -0.131. The monoisotopic (exact) mass is 470 g/mol. The normalized spacial score (nSPS) is 15.2. The number of sulfone groups is 1. The second-order valence-corrected chi connectivity index (χ2v) is 11.4. The Hall–Kier alpha value is -2.84. The largest absolute Gasteiger partial charge is 0.328 e. The number of hydroxylamine groups is 1. The Morgan fingerprint density at radius 2 is 1.94 bits per heavy atom. The second-order valence-electron chi connectivity index (χ2n) is 7.13. The zero-order chi connectivity index (χ0) is 23.4. The fourth-order valence-corrected chi connectivity index (χ4v) is 3.94. The highest BCUT2D eigenvalue weighted by molar-refractivity contribution is 7.92. The van der Waals surface area contributed by atoms with Gasteiger partial charge in [-0.05, 0) is 31.3 Å². The molecule has 2 rings (SSSR count). The van der Waals surface area contributed by atoms with Gasteiger partial charge in [0.15, 0.2) is 14.6 Å². The number of carbonyl (C=O) groups excluding carboxylic acids is 2. The Morgan fingerprint density at radius 1 is 1.26 bits per heavy atom. The molecule has 0 saturated heterocycles. The van der Waals surface area contributed by atoms with Gasteiger partial charge in [0.25, 0.3) is 5.91 Å². The maximum absolute atomic E-state index is 12.6. The zero-order valence-electron chi connectivity index (χ0n) is 17.1. The quantitative estimate of drug-likeness (QED) is 0.259. The second kappa shape index (κ2) is 9.11. The number of hydrogen-bond donors (Lipinski definition) is 3. The van der Waals surface area contributed by atoms with E-state index >= 15 is 0 Å². The van der Waals surface area contributed by atoms with Crippen LogP contribution in [0.4, 0.5) is 4.79 Å². The molecule has 168 valence electrons. The van der Waals surface area contributed by atoms with Crippen LogP contribution < -0.4 is 10.2 Å². The first-order valence-corrected chi connectivity index (χ1v) is 12.6. The van der Waals surface area contributed by atoms with E-state index in [-0.39, 0.29) is 26.1 Å². The molecule has 1 aliphatic rings. The molecule has 11 nitrogen and oxygen atoms in total. The van der Waals surface area contributed by atoms with E-state index in [0.717, 1.165) is 12.5 Å². The molecule has 0 saturated carbocycles. The number of nitrogens with zero attached hydrogens (tertiary/aromatic N) is 2. The molecule has 1 aromatic heterocycles. The van der Waals surface area contributed by atoms with Crippen molar-refractivity contribution in [2.75, 3.05) is 25.6 Å². The summed E-state index contributed by atoms with van der Waals surface area (Å²) < 4.78 is 47.6. The van der Waals surface area contributed by atoms with E-state index in [2.05, 4.69) is 28.4 Å². The Bertz CT molecular complexity index is 1230. The van der Waals surface area contributed by atoms with Crippen LogP contribution in [-0.2, 0) is 31.2 Å². The molecule has 31 heavy (non-hydrogen) atoms. The molecule has 1 aromatic rings. The molecule has 0 spiro atoms. The van der Waals surface area contributed by atoms with Gasteiger partial charge in [-0.1, -0.05) is 11.8 Å². The topological polar surface area (TPSA) is 155 Å². The highest BCUT2D eigenvalue weighted by Crippen LogP contribution is 2.25. The van der Waals surface area contributed by atoms with Crippen LogP contribution >= 0.6 is 0 Å². The van der Waals surface area contributed by atoms with Crippen molar-refractivity contribution in [3.8, 4) is 23.7 Å². The summed E-state index contributed by atoms with van der Waals surface area (Å²) in [5, 5.41) is 8.87. The van der Waals surface area contributed by atoms with Crippen LogP contribution in [0.1, 0.15) is 24.6 Å². The van der Waals surface area contributed by atoms with Gasteiger partial charge >= 0.3 is 6.03 Å². The standard InChI is InChI=1S/C18H22N4O7S2/c1-18(16(23)20-25,30(2,26)27)8-10-21-13-15-11-14(12-22(15)17(21)24)7-5-4-6-9-19-31(3,28)29/h11-12,19,25H,8-10,13H2,1-3H3,(H,20,23). The molecule has 1 aliphatic heterocycles. The number of sulfonamides is 1. The summed E-state index contributed by atoms with van der Waals surface area (Å²) in [6.07, 6.45) is 3.23. The first-order valence-electron chi connectivity index (χ1n) is 8.86. The third-order valence-corrected chi connectivity index (χ3v) is 7.46. The van der Waals surface area contributed by atoms with E-state index in [0.29, 0.717) is 11.3 Å². The molecular formula is C18H22N4O7S2.